The molecular weight excluding hydrogens is 360 g/mol. The molecule has 1 aromatic carbocycles. The number of hydrogen-bond acceptors (Lipinski definition) is 6. The molecule has 0 fully saturated rings. The molecule has 6 nitrogen and oxygen atoms in total. The Hall–Kier alpha value is -2.51. The maximum atomic E-state index is 12.2. The van der Waals surface area contributed by atoms with Crippen molar-refractivity contribution < 1.29 is 9.32 Å². The highest BCUT2D eigenvalue weighted by Crippen LogP contribution is 2.17. The first-order chi connectivity index (χ1) is 13.2. The van der Waals surface area contributed by atoms with Gasteiger partial charge in [-0.25, -0.2) is 0 Å². The number of nitrogens with zero attached hydrogens (tertiary/aromatic N) is 3. The van der Waals surface area contributed by atoms with Gasteiger partial charge in [-0.1, -0.05) is 49.3 Å². The molecule has 0 aliphatic heterocycles. The van der Waals surface area contributed by atoms with E-state index >= 15 is 0 Å². The average Bonchev–Trinajstić information content (AvgIpc) is 3.38. The summed E-state index contributed by atoms with van der Waals surface area (Å²) in [6.45, 7) is 6.15. The smallest absolute Gasteiger partial charge is 0.241 e. The largest absolute Gasteiger partial charge is 0.350 e. The Morgan fingerprint density at radius 1 is 1.22 bits per heavy atom. The molecule has 2 aromatic heterocycles. The highest BCUT2D eigenvalue weighted by Gasteiger charge is 2.15. The zero-order valence-corrected chi connectivity index (χ0v) is 16.5. The van der Waals surface area contributed by atoms with Crippen LogP contribution in [-0.4, -0.2) is 34.0 Å². The van der Waals surface area contributed by atoms with Crippen LogP contribution in [0.5, 0.6) is 0 Å². The Kier molecular flexibility index (Phi) is 6.73. The van der Waals surface area contributed by atoms with Crippen LogP contribution in [0.15, 0.2) is 46.3 Å². The molecule has 142 valence electrons. The predicted molar refractivity (Wildman–Crippen MR) is 106 cm³/mol. The van der Waals surface area contributed by atoms with Gasteiger partial charge in [0.05, 0.1) is 19.6 Å². The molecule has 0 spiro atoms. The molecule has 7 heteroatoms. The molecule has 0 unspecified atom stereocenters. The predicted octanol–water partition coefficient (Wildman–Crippen LogP) is 3.50. The second kappa shape index (κ2) is 9.43. The van der Waals surface area contributed by atoms with Gasteiger partial charge in [0.15, 0.2) is 0 Å². The minimum absolute atomic E-state index is 0.0138. The monoisotopic (exact) mass is 384 g/mol. The van der Waals surface area contributed by atoms with Crippen molar-refractivity contribution in [2.24, 2.45) is 0 Å². The molecule has 0 aliphatic rings. The fraction of sp³-hybridized carbons (Fsp3) is 0.350. The van der Waals surface area contributed by atoms with Crippen molar-refractivity contribution in [1.82, 2.24) is 20.4 Å². The van der Waals surface area contributed by atoms with Crippen LogP contribution in [-0.2, 0) is 24.3 Å². The van der Waals surface area contributed by atoms with Crippen molar-refractivity contribution in [3.63, 3.8) is 0 Å². The number of amides is 1. The Labute approximate surface area is 163 Å². The van der Waals surface area contributed by atoms with Gasteiger partial charge in [-0.05, 0) is 30.0 Å². The molecule has 3 rings (SSSR count). The summed E-state index contributed by atoms with van der Waals surface area (Å²) in [7, 11) is 0. The fourth-order valence-corrected chi connectivity index (χ4v) is 3.30. The number of likely N-dealkylation sites (N-methyl/N-ethyl adjacent to an activating group) is 1. The van der Waals surface area contributed by atoms with E-state index in [0.717, 1.165) is 23.4 Å². The lowest BCUT2D eigenvalue weighted by atomic mass is 10.1. The van der Waals surface area contributed by atoms with E-state index in [-0.39, 0.29) is 5.91 Å². The topological polar surface area (TPSA) is 71.3 Å². The summed E-state index contributed by atoms with van der Waals surface area (Å²) in [4.78, 5) is 19.8. The first kappa shape index (κ1) is 19.3. The third-order valence-corrected chi connectivity index (χ3v) is 5.18. The zero-order valence-electron chi connectivity index (χ0n) is 15.6. The molecule has 0 saturated heterocycles. The first-order valence-electron chi connectivity index (χ1n) is 9.11. The molecule has 27 heavy (non-hydrogen) atoms. The molecule has 0 bridgehead atoms. The number of carbonyl (C=O) groups excluding carboxylic acids is 1. The van der Waals surface area contributed by atoms with Crippen LogP contribution < -0.4 is 5.32 Å². The van der Waals surface area contributed by atoms with Crippen molar-refractivity contribution in [3.8, 4) is 11.4 Å². The zero-order chi connectivity index (χ0) is 19.1. The maximum Gasteiger partial charge on any atom is 0.241 e. The van der Waals surface area contributed by atoms with E-state index in [0.29, 0.717) is 31.3 Å². The standard InChI is InChI=1S/C20H24N4O2S/c1-3-15-7-9-16(10-8-15)20-22-19(26-23-20)14-24(4-2)13-18(25)21-12-17-6-5-11-27-17/h5-11H,3-4,12-14H2,1-2H3,(H,21,25). The Morgan fingerprint density at radius 3 is 2.70 bits per heavy atom. The summed E-state index contributed by atoms with van der Waals surface area (Å²) in [5.41, 5.74) is 2.20. The van der Waals surface area contributed by atoms with Gasteiger partial charge in [0.1, 0.15) is 0 Å². The molecule has 1 amide bonds. The van der Waals surface area contributed by atoms with Gasteiger partial charge in [-0.2, -0.15) is 4.98 Å². The summed E-state index contributed by atoms with van der Waals surface area (Å²) in [5, 5.41) is 9.01. The summed E-state index contributed by atoms with van der Waals surface area (Å²) < 4.78 is 5.38. The van der Waals surface area contributed by atoms with Crippen LogP contribution in [0.4, 0.5) is 0 Å². The Bertz CT molecular complexity index is 843. The molecule has 0 radical (unpaired) electrons. The minimum atomic E-state index is -0.0138. The molecule has 2 heterocycles. The van der Waals surface area contributed by atoms with Crippen LogP contribution in [0.1, 0.15) is 30.2 Å². The van der Waals surface area contributed by atoms with Gasteiger partial charge >= 0.3 is 0 Å². The van der Waals surface area contributed by atoms with E-state index < -0.39 is 0 Å². The SMILES string of the molecule is CCc1ccc(-c2noc(CN(CC)CC(=O)NCc3cccs3)n2)cc1. The Morgan fingerprint density at radius 2 is 2.04 bits per heavy atom. The maximum absolute atomic E-state index is 12.2. The number of carbonyl (C=O) groups is 1. The highest BCUT2D eigenvalue weighted by molar-refractivity contribution is 7.09. The van der Waals surface area contributed by atoms with E-state index in [1.165, 1.54) is 5.56 Å². The number of thiophene rings is 1. The third kappa shape index (κ3) is 5.48. The van der Waals surface area contributed by atoms with Gasteiger partial charge in [0, 0.05) is 10.4 Å². The van der Waals surface area contributed by atoms with Gasteiger partial charge in [-0.3, -0.25) is 9.69 Å². The third-order valence-electron chi connectivity index (χ3n) is 4.30. The lowest BCUT2D eigenvalue weighted by molar-refractivity contribution is -0.122. The van der Waals surface area contributed by atoms with Gasteiger partial charge in [-0.15, -0.1) is 11.3 Å². The molecule has 0 saturated carbocycles. The lowest BCUT2D eigenvalue weighted by Gasteiger charge is -2.17. The highest BCUT2D eigenvalue weighted by atomic mass is 32.1. The van der Waals surface area contributed by atoms with Crippen molar-refractivity contribution in [2.75, 3.05) is 13.1 Å². The van der Waals surface area contributed by atoms with Crippen molar-refractivity contribution in [3.05, 3.63) is 58.1 Å². The molecule has 0 atom stereocenters. The summed E-state index contributed by atoms with van der Waals surface area (Å²) in [6.07, 6.45) is 0.998. The number of hydrogen-bond donors (Lipinski definition) is 1. The number of aromatic nitrogens is 2. The van der Waals surface area contributed by atoms with Crippen LogP contribution in [0.3, 0.4) is 0 Å². The van der Waals surface area contributed by atoms with E-state index in [2.05, 4.69) is 34.5 Å². The van der Waals surface area contributed by atoms with E-state index in [1.54, 1.807) is 11.3 Å². The molecular formula is C20H24N4O2S. The fourth-order valence-electron chi connectivity index (χ4n) is 2.65. The van der Waals surface area contributed by atoms with Crippen LogP contribution in [0.25, 0.3) is 11.4 Å². The van der Waals surface area contributed by atoms with Crippen LogP contribution in [0, 0.1) is 0 Å². The van der Waals surface area contributed by atoms with Crippen molar-refractivity contribution in [2.45, 2.75) is 33.4 Å². The molecule has 3 aromatic rings. The van der Waals surface area contributed by atoms with Crippen molar-refractivity contribution in [1.29, 1.82) is 0 Å². The average molecular weight is 385 g/mol. The van der Waals surface area contributed by atoms with E-state index in [4.69, 9.17) is 4.52 Å². The second-order valence-electron chi connectivity index (χ2n) is 6.22. The minimum Gasteiger partial charge on any atom is -0.350 e. The van der Waals surface area contributed by atoms with Gasteiger partial charge < -0.3 is 9.84 Å². The summed E-state index contributed by atoms with van der Waals surface area (Å²) in [6, 6.07) is 12.1. The number of benzene rings is 1. The molecule has 1 N–H and O–H groups in total. The lowest BCUT2D eigenvalue weighted by Crippen LogP contribution is -2.36. The summed E-state index contributed by atoms with van der Waals surface area (Å²) >= 11 is 1.63. The van der Waals surface area contributed by atoms with Crippen molar-refractivity contribution >= 4 is 17.2 Å². The van der Waals surface area contributed by atoms with E-state index in [1.807, 2.05) is 41.5 Å². The molecule has 0 aliphatic carbocycles. The number of nitrogens with one attached hydrogen (secondary N) is 1. The number of aryl methyl sites for hydroxylation is 1. The quantitative estimate of drug-likeness (QED) is 0.611. The normalized spacial score (nSPS) is 11.1. The second-order valence-corrected chi connectivity index (χ2v) is 7.25. The van der Waals surface area contributed by atoms with Crippen LogP contribution >= 0.6 is 11.3 Å². The van der Waals surface area contributed by atoms with E-state index in [9.17, 15) is 4.79 Å². The van der Waals surface area contributed by atoms with Gasteiger partial charge in [0.2, 0.25) is 17.6 Å². The first-order valence-corrected chi connectivity index (χ1v) is 9.99. The summed E-state index contributed by atoms with van der Waals surface area (Å²) in [5.74, 6) is 1.07. The van der Waals surface area contributed by atoms with Gasteiger partial charge in [0.25, 0.3) is 0 Å². The number of rotatable bonds is 9. The van der Waals surface area contributed by atoms with Crippen LogP contribution in [0.2, 0.25) is 0 Å². The Balaban J connectivity index is 1.54.